The molecule has 0 aromatic heterocycles. The molecule has 0 aliphatic rings. The number of amides is 1. The van der Waals surface area contributed by atoms with Gasteiger partial charge in [0.05, 0.1) is 0 Å². The highest BCUT2D eigenvalue weighted by Gasteiger charge is 2.33. The second-order valence-corrected chi connectivity index (χ2v) is 8.83. The third-order valence-electron chi connectivity index (χ3n) is 4.26. The first-order valence-electron chi connectivity index (χ1n) is 9.09. The van der Waals surface area contributed by atoms with Crippen molar-refractivity contribution in [2.45, 2.75) is 16.9 Å². The molecule has 0 saturated carbocycles. The van der Waals surface area contributed by atoms with E-state index in [0.717, 1.165) is 11.1 Å². The molecule has 0 atom stereocenters. The van der Waals surface area contributed by atoms with Crippen LogP contribution in [0.1, 0.15) is 21.5 Å². The summed E-state index contributed by atoms with van der Waals surface area (Å²) in [6.07, 6.45) is 0. The number of ether oxygens (including phenoxy) is 1. The van der Waals surface area contributed by atoms with Crippen LogP contribution in [0, 0.1) is 0 Å². The number of alkyl halides is 3. The van der Waals surface area contributed by atoms with E-state index in [0.29, 0.717) is 18.7 Å². The average molecular weight is 463 g/mol. The largest absolute Gasteiger partial charge is 0.423 e. The van der Waals surface area contributed by atoms with Crippen LogP contribution in [-0.2, 0) is 17.9 Å². The molecule has 4 nitrogen and oxygen atoms in total. The van der Waals surface area contributed by atoms with Crippen molar-refractivity contribution in [2.24, 2.45) is 0 Å². The Morgan fingerprint density at radius 3 is 1.63 bits per heavy atom. The van der Waals surface area contributed by atoms with Gasteiger partial charge in [-0.3, -0.25) is 4.79 Å². The Labute approximate surface area is 189 Å². The average Bonchev–Trinajstić information content (AvgIpc) is 2.74. The van der Waals surface area contributed by atoms with Crippen LogP contribution >= 0.6 is 34.8 Å². The number of esters is 1. The molecule has 0 fully saturated rings. The van der Waals surface area contributed by atoms with Gasteiger partial charge in [-0.05, 0) is 35.4 Å². The second-order valence-electron chi connectivity index (χ2n) is 6.54. The highest BCUT2D eigenvalue weighted by Crippen LogP contribution is 2.28. The minimum atomic E-state index is -2.17. The van der Waals surface area contributed by atoms with Gasteiger partial charge in [0.25, 0.3) is 9.70 Å². The van der Waals surface area contributed by atoms with Crippen molar-refractivity contribution in [3.8, 4) is 5.75 Å². The number of nitrogens with zero attached hydrogens (tertiary/aromatic N) is 1. The summed E-state index contributed by atoms with van der Waals surface area (Å²) in [7, 11) is 0. The zero-order chi connectivity index (χ0) is 21.6. The third kappa shape index (κ3) is 6.23. The molecule has 0 N–H and O–H groups in total. The molecule has 0 radical (unpaired) electrons. The second kappa shape index (κ2) is 9.98. The SMILES string of the molecule is O=C(c1ccc(OC(=O)C(Cl)(Cl)Cl)cc1)N(Cc1ccccc1)Cc1ccccc1. The lowest BCUT2D eigenvalue weighted by Gasteiger charge is -2.23. The van der Waals surface area contributed by atoms with Crippen molar-refractivity contribution in [3.05, 3.63) is 102 Å². The minimum absolute atomic E-state index is 0.151. The van der Waals surface area contributed by atoms with E-state index in [-0.39, 0.29) is 11.7 Å². The van der Waals surface area contributed by atoms with Gasteiger partial charge in [0, 0.05) is 18.7 Å². The van der Waals surface area contributed by atoms with Crippen LogP contribution in [0.25, 0.3) is 0 Å². The summed E-state index contributed by atoms with van der Waals surface area (Å²) in [6, 6.07) is 25.7. The lowest BCUT2D eigenvalue weighted by Crippen LogP contribution is -2.30. The van der Waals surface area contributed by atoms with Crippen LogP contribution in [0.2, 0.25) is 0 Å². The molecule has 3 rings (SSSR count). The zero-order valence-electron chi connectivity index (χ0n) is 15.8. The quantitative estimate of drug-likeness (QED) is 0.264. The predicted octanol–water partition coefficient (Wildman–Crippen LogP) is 5.80. The molecule has 0 aliphatic heterocycles. The fraction of sp³-hybridized carbons (Fsp3) is 0.130. The van der Waals surface area contributed by atoms with Crippen molar-refractivity contribution >= 4 is 46.7 Å². The lowest BCUT2D eigenvalue weighted by atomic mass is 10.1. The Morgan fingerprint density at radius 2 is 1.20 bits per heavy atom. The highest BCUT2D eigenvalue weighted by atomic mass is 35.6. The van der Waals surface area contributed by atoms with Gasteiger partial charge in [-0.25, -0.2) is 4.79 Å². The first-order valence-corrected chi connectivity index (χ1v) is 10.2. The Hall–Kier alpha value is -2.53. The van der Waals surface area contributed by atoms with Crippen LogP contribution in [-0.4, -0.2) is 20.6 Å². The van der Waals surface area contributed by atoms with E-state index in [1.54, 1.807) is 17.0 Å². The molecule has 0 bridgehead atoms. The molecule has 30 heavy (non-hydrogen) atoms. The van der Waals surface area contributed by atoms with Crippen LogP contribution < -0.4 is 4.74 Å². The summed E-state index contributed by atoms with van der Waals surface area (Å²) >= 11 is 16.5. The van der Waals surface area contributed by atoms with Crippen LogP contribution in [0.5, 0.6) is 5.75 Å². The topological polar surface area (TPSA) is 46.6 Å². The molecule has 7 heteroatoms. The molecular weight excluding hydrogens is 445 g/mol. The van der Waals surface area contributed by atoms with Gasteiger partial charge >= 0.3 is 5.97 Å². The minimum Gasteiger partial charge on any atom is -0.423 e. The number of carbonyl (C=O) groups excluding carboxylic acids is 2. The van der Waals surface area contributed by atoms with Gasteiger partial charge in [0.1, 0.15) is 5.75 Å². The number of halogens is 3. The first-order chi connectivity index (χ1) is 14.3. The van der Waals surface area contributed by atoms with Gasteiger partial charge in [0.15, 0.2) is 0 Å². The smallest absolute Gasteiger partial charge is 0.363 e. The van der Waals surface area contributed by atoms with E-state index in [1.807, 2.05) is 60.7 Å². The van der Waals surface area contributed by atoms with Crippen molar-refractivity contribution < 1.29 is 14.3 Å². The predicted molar refractivity (Wildman–Crippen MR) is 119 cm³/mol. The molecule has 0 saturated heterocycles. The normalized spacial score (nSPS) is 11.0. The van der Waals surface area contributed by atoms with Crippen molar-refractivity contribution in [1.82, 2.24) is 4.90 Å². The van der Waals surface area contributed by atoms with Gasteiger partial charge in [-0.1, -0.05) is 95.5 Å². The van der Waals surface area contributed by atoms with E-state index in [1.165, 1.54) is 12.1 Å². The van der Waals surface area contributed by atoms with E-state index in [4.69, 9.17) is 39.5 Å². The van der Waals surface area contributed by atoms with E-state index >= 15 is 0 Å². The van der Waals surface area contributed by atoms with E-state index in [2.05, 4.69) is 0 Å². The van der Waals surface area contributed by atoms with Crippen LogP contribution in [0.4, 0.5) is 0 Å². The van der Waals surface area contributed by atoms with Gasteiger partial charge in [0.2, 0.25) is 0 Å². The Morgan fingerprint density at radius 1 is 0.733 bits per heavy atom. The van der Waals surface area contributed by atoms with Crippen LogP contribution in [0.3, 0.4) is 0 Å². The lowest BCUT2D eigenvalue weighted by molar-refractivity contribution is -0.133. The number of rotatable bonds is 6. The zero-order valence-corrected chi connectivity index (χ0v) is 18.1. The number of benzene rings is 3. The monoisotopic (exact) mass is 461 g/mol. The maximum atomic E-state index is 13.2. The molecule has 0 unspecified atom stereocenters. The molecule has 0 aliphatic carbocycles. The summed E-state index contributed by atoms with van der Waals surface area (Å²) in [5.74, 6) is -0.983. The maximum absolute atomic E-state index is 13.2. The van der Waals surface area contributed by atoms with Crippen molar-refractivity contribution in [2.75, 3.05) is 0 Å². The maximum Gasteiger partial charge on any atom is 0.363 e. The standard InChI is InChI=1S/C23H18Cl3NO3/c24-23(25,26)22(29)30-20-13-11-19(12-14-20)21(28)27(15-17-7-3-1-4-8-17)16-18-9-5-2-6-10-18/h1-14H,15-16H2. The Kier molecular flexibility index (Phi) is 7.38. The summed E-state index contributed by atoms with van der Waals surface area (Å²) in [5.41, 5.74) is 2.50. The van der Waals surface area contributed by atoms with Crippen molar-refractivity contribution in [1.29, 1.82) is 0 Å². The van der Waals surface area contributed by atoms with Gasteiger partial charge in [-0.2, -0.15) is 0 Å². The molecule has 154 valence electrons. The van der Waals surface area contributed by atoms with Gasteiger partial charge in [-0.15, -0.1) is 0 Å². The highest BCUT2D eigenvalue weighted by molar-refractivity contribution is 6.75. The fourth-order valence-corrected chi connectivity index (χ4v) is 2.94. The summed E-state index contributed by atoms with van der Waals surface area (Å²) in [4.78, 5) is 26.6. The molecule has 0 heterocycles. The van der Waals surface area contributed by atoms with E-state index < -0.39 is 9.76 Å². The molecular formula is C23H18Cl3NO3. The third-order valence-corrected chi connectivity index (χ3v) is 4.73. The summed E-state index contributed by atoms with van der Waals surface area (Å²) < 4.78 is 2.84. The molecule has 3 aromatic carbocycles. The number of hydrogen-bond acceptors (Lipinski definition) is 3. The van der Waals surface area contributed by atoms with E-state index in [9.17, 15) is 9.59 Å². The number of hydrogen-bond donors (Lipinski definition) is 0. The first kappa shape index (κ1) is 22.2. The molecule has 3 aromatic rings. The fourth-order valence-electron chi connectivity index (χ4n) is 2.82. The summed E-state index contributed by atoms with van der Waals surface area (Å²) in [5, 5.41) is 0. The number of carbonyl (C=O) groups is 2. The van der Waals surface area contributed by atoms with Crippen LogP contribution in [0.15, 0.2) is 84.9 Å². The summed E-state index contributed by atoms with van der Waals surface area (Å²) in [6.45, 7) is 0.914. The Bertz CT molecular complexity index is 946. The van der Waals surface area contributed by atoms with Gasteiger partial charge < -0.3 is 9.64 Å². The molecule has 1 amide bonds. The molecule has 0 spiro atoms. The Balaban J connectivity index is 1.78. The van der Waals surface area contributed by atoms with Crippen molar-refractivity contribution in [3.63, 3.8) is 0 Å².